The van der Waals surface area contributed by atoms with Crippen molar-refractivity contribution in [3.8, 4) is 5.75 Å². The molecule has 0 saturated carbocycles. The Bertz CT molecular complexity index is 1060. The third-order valence-corrected chi connectivity index (χ3v) is 7.81. The van der Waals surface area contributed by atoms with E-state index in [0.717, 1.165) is 50.2 Å². The van der Waals surface area contributed by atoms with Gasteiger partial charge in [-0.3, -0.25) is 9.69 Å². The molecule has 2 aromatic carbocycles. The first-order valence-electron chi connectivity index (χ1n) is 13.3. The number of para-hydroxylation sites is 1. The molecule has 6 nitrogen and oxygen atoms in total. The largest absolute Gasteiger partial charge is 0.492 e. The molecule has 0 bridgehead atoms. The predicted molar refractivity (Wildman–Crippen MR) is 137 cm³/mol. The van der Waals surface area contributed by atoms with Crippen LogP contribution >= 0.6 is 0 Å². The Hall–Kier alpha value is -2.78. The van der Waals surface area contributed by atoms with Gasteiger partial charge in [-0.05, 0) is 68.2 Å². The molecule has 5 rings (SSSR count). The van der Waals surface area contributed by atoms with Crippen LogP contribution in [0.2, 0.25) is 0 Å². The molecule has 1 N–H and O–H groups in total. The van der Waals surface area contributed by atoms with Gasteiger partial charge in [-0.1, -0.05) is 18.2 Å². The van der Waals surface area contributed by atoms with Crippen LogP contribution in [0.4, 0.5) is 18.9 Å². The Morgan fingerprint density at radius 3 is 2.51 bits per heavy atom. The van der Waals surface area contributed by atoms with Crippen molar-refractivity contribution in [2.75, 3.05) is 63.9 Å². The number of carbonyl (C=O) groups is 1. The van der Waals surface area contributed by atoms with Gasteiger partial charge >= 0.3 is 6.18 Å². The van der Waals surface area contributed by atoms with Gasteiger partial charge in [-0.15, -0.1) is 0 Å². The van der Waals surface area contributed by atoms with E-state index >= 15 is 0 Å². The number of rotatable bonds is 8. The van der Waals surface area contributed by atoms with Crippen LogP contribution in [0, 0.1) is 5.92 Å². The predicted octanol–water partition coefficient (Wildman–Crippen LogP) is 3.66. The van der Waals surface area contributed by atoms with E-state index in [9.17, 15) is 18.0 Å². The zero-order valence-corrected chi connectivity index (χ0v) is 21.1. The number of piperazine rings is 1. The third kappa shape index (κ3) is 6.21. The Morgan fingerprint density at radius 1 is 0.973 bits per heavy atom. The molecule has 1 amide bonds. The molecule has 0 aromatic heterocycles. The second kappa shape index (κ2) is 11.3. The molecule has 2 aromatic rings. The minimum Gasteiger partial charge on any atom is -0.492 e. The van der Waals surface area contributed by atoms with E-state index in [0.29, 0.717) is 38.2 Å². The highest BCUT2D eigenvalue weighted by Crippen LogP contribution is 2.39. The Labute approximate surface area is 216 Å². The Kier molecular flexibility index (Phi) is 7.90. The van der Waals surface area contributed by atoms with Crippen molar-refractivity contribution in [1.82, 2.24) is 15.1 Å². The maximum atomic E-state index is 13.4. The lowest BCUT2D eigenvalue weighted by atomic mass is 9.82. The Morgan fingerprint density at radius 2 is 1.76 bits per heavy atom. The van der Waals surface area contributed by atoms with Crippen molar-refractivity contribution >= 4 is 11.6 Å². The molecule has 0 spiro atoms. The Balaban J connectivity index is 1.28. The summed E-state index contributed by atoms with van der Waals surface area (Å²) in [4.78, 5) is 20.2. The van der Waals surface area contributed by atoms with Gasteiger partial charge in [0.15, 0.2) is 0 Å². The lowest BCUT2D eigenvalue weighted by Crippen LogP contribution is -2.61. The highest BCUT2D eigenvalue weighted by atomic mass is 19.4. The average Bonchev–Trinajstić information content (AvgIpc) is 3.41. The molecule has 0 aliphatic carbocycles. The second-order valence-electron chi connectivity index (χ2n) is 10.2. The average molecular weight is 517 g/mol. The van der Waals surface area contributed by atoms with Crippen LogP contribution < -0.4 is 15.0 Å². The number of halogens is 3. The number of likely N-dealkylation sites (tertiary alicyclic amines) is 1. The van der Waals surface area contributed by atoms with Gasteiger partial charge in [0, 0.05) is 45.0 Å². The van der Waals surface area contributed by atoms with Gasteiger partial charge in [0.05, 0.1) is 17.5 Å². The van der Waals surface area contributed by atoms with Gasteiger partial charge in [-0.2, -0.15) is 13.2 Å². The number of ether oxygens (including phenoxy) is 1. The lowest BCUT2D eigenvalue weighted by molar-refractivity contribution is -0.137. The number of nitrogens with one attached hydrogen (secondary N) is 1. The second-order valence-corrected chi connectivity index (χ2v) is 10.2. The number of hydrogen-bond donors (Lipinski definition) is 1. The van der Waals surface area contributed by atoms with E-state index in [4.69, 9.17) is 4.74 Å². The first kappa shape index (κ1) is 25.9. The number of alkyl halides is 3. The van der Waals surface area contributed by atoms with Crippen LogP contribution in [0.1, 0.15) is 24.0 Å². The van der Waals surface area contributed by atoms with E-state index in [-0.39, 0.29) is 11.9 Å². The summed E-state index contributed by atoms with van der Waals surface area (Å²) >= 11 is 0. The molecule has 2 saturated heterocycles. The number of hydrogen-bond acceptors (Lipinski definition) is 5. The first-order valence-corrected chi connectivity index (χ1v) is 13.3. The third-order valence-electron chi connectivity index (χ3n) is 7.81. The molecule has 9 heteroatoms. The van der Waals surface area contributed by atoms with Crippen LogP contribution in [0.3, 0.4) is 0 Å². The smallest absolute Gasteiger partial charge is 0.416 e. The number of benzene rings is 2. The van der Waals surface area contributed by atoms with Gasteiger partial charge < -0.3 is 19.9 Å². The van der Waals surface area contributed by atoms with Crippen molar-refractivity contribution in [2.45, 2.75) is 31.5 Å². The topological polar surface area (TPSA) is 48.1 Å². The summed E-state index contributed by atoms with van der Waals surface area (Å²) in [6.07, 6.45) is -1.72. The van der Waals surface area contributed by atoms with E-state index < -0.39 is 17.7 Å². The molecular weight excluding hydrogens is 481 g/mol. The van der Waals surface area contributed by atoms with Crippen molar-refractivity contribution in [3.05, 3.63) is 59.7 Å². The monoisotopic (exact) mass is 516 g/mol. The number of anilines is 1. The number of nitrogens with zero attached hydrogens (tertiary/aromatic N) is 3. The maximum absolute atomic E-state index is 13.4. The van der Waals surface area contributed by atoms with E-state index in [1.54, 1.807) is 6.07 Å². The maximum Gasteiger partial charge on any atom is 0.416 e. The number of fused-ring (bicyclic) bond motifs is 3. The minimum atomic E-state index is -4.41. The minimum absolute atomic E-state index is 0.0698. The summed E-state index contributed by atoms with van der Waals surface area (Å²) in [5.74, 6) is 0.343. The van der Waals surface area contributed by atoms with Gasteiger partial charge in [0.2, 0.25) is 5.91 Å². The van der Waals surface area contributed by atoms with Crippen LogP contribution in [-0.2, 0) is 17.4 Å². The molecule has 37 heavy (non-hydrogen) atoms. The molecule has 3 aliphatic rings. The van der Waals surface area contributed by atoms with Crippen LogP contribution in [0.25, 0.3) is 0 Å². The molecule has 3 heterocycles. The first-order chi connectivity index (χ1) is 17.9. The van der Waals surface area contributed by atoms with Crippen LogP contribution in [0.15, 0.2) is 48.5 Å². The van der Waals surface area contributed by atoms with E-state index in [1.165, 1.54) is 18.9 Å². The van der Waals surface area contributed by atoms with Crippen LogP contribution in [-0.4, -0.2) is 80.7 Å². The van der Waals surface area contributed by atoms with Crippen molar-refractivity contribution in [3.63, 3.8) is 0 Å². The standard InChI is InChI=1S/C28H35F3N4O2/c29-28(30,31)22-8-9-25-21(18-22)19-24(27(36)32-10-13-33-11-4-5-12-33)26-20-34(14-15-35(25)26)16-17-37-23-6-2-1-3-7-23/h1-3,6-9,18,24,26H,4-5,10-17,19-20H2,(H,32,36)/t24-,26+/m0/s1. The molecular formula is C28H35F3N4O2. The quantitative estimate of drug-likeness (QED) is 0.581. The lowest BCUT2D eigenvalue weighted by Gasteiger charge is -2.49. The van der Waals surface area contributed by atoms with Crippen molar-refractivity contribution in [1.29, 1.82) is 0 Å². The molecule has 3 aliphatic heterocycles. The molecule has 2 fully saturated rings. The van der Waals surface area contributed by atoms with Gasteiger partial charge in [-0.25, -0.2) is 0 Å². The summed E-state index contributed by atoms with van der Waals surface area (Å²) < 4.78 is 46.2. The van der Waals surface area contributed by atoms with Crippen LogP contribution in [0.5, 0.6) is 5.75 Å². The summed E-state index contributed by atoms with van der Waals surface area (Å²) in [7, 11) is 0. The SMILES string of the molecule is O=C(NCCN1CCCC1)[C@H]1Cc2cc(C(F)(F)F)ccc2N2CCN(CCOc3ccccc3)C[C@H]12. The van der Waals surface area contributed by atoms with E-state index in [2.05, 4.69) is 20.0 Å². The van der Waals surface area contributed by atoms with Crippen molar-refractivity contribution < 1.29 is 22.7 Å². The fraction of sp³-hybridized carbons (Fsp3) is 0.536. The highest BCUT2D eigenvalue weighted by Gasteiger charge is 2.42. The number of amides is 1. The van der Waals surface area contributed by atoms with Gasteiger partial charge in [0.1, 0.15) is 12.4 Å². The fourth-order valence-corrected chi connectivity index (χ4v) is 5.85. The normalized spacial score (nSPS) is 22.4. The summed E-state index contributed by atoms with van der Waals surface area (Å²) in [6.45, 7) is 6.84. The number of carbonyl (C=O) groups excluding carboxylic acids is 1. The van der Waals surface area contributed by atoms with E-state index in [1.807, 2.05) is 30.3 Å². The van der Waals surface area contributed by atoms with Crippen molar-refractivity contribution in [2.24, 2.45) is 5.92 Å². The summed E-state index contributed by atoms with van der Waals surface area (Å²) in [5, 5.41) is 3.09. The highest BCUT2D eigenvalue weighted by molar-refractivity contribution is 5.82. The molecule has 0 unspecified atom stereocenters. The zero-order chi connectivity index (χ0) is 25.8. The zero-order valence-electron chi connectivity index (χ0n) is 21.1. The molecule has 200 valence electrons. The summed E-state index contributed by atoms with van der Waals surface area (Å²) in [6, 6.07) is 13.5. The summed E-state index contributed by atoms with van der Waals surface area (Å²) in [5.41, 5.74) is 0.764. The van der Waals surface area contributed by atoms with Gasteiger partial charge in [0.25, 0.3) is 0 Å². The fourth-order valence-electron chi connectivity index (χ4n) is 5.85. The molecule has 0 radical (unpaired) electrons. The molecule has 2 atom stereocenters.